The largest absolute Gasteiger partial charge is 0.335 e. The van der Waals surface area contributed by atoms with Crippen LogP contribution in [0.5, 0.6) is 0 Å². The van der Waals surface area contributed by atoms with E-state index in [-0.39, 0.29) is 16.7 Å². The van der Waals surface area contributed by atoms with Gasteiger partial charge < -0.3 is 5.32 Å². The number of sulfonamides is 1. The van der Waals surface area contributed by atoms with Gasteiger partial charge in [0.2, 0.25) is 15.9 Å². The van der Waals surface area contributed by atoms with Gasteiger partial charge in [0.15, 0.2) is 0 Å². The molecule has 4 unspecified atom stereocenters. The van der Waals surface area contributed by atoms with E-state index in [4.69, 9.17) is 0 Å². The van der Waals surface area contributed by atoms with Gasteiger partial charge in [0.05, 0.1) is 10.8 Å². The van der Waals surface area contributed by atoms with E-state index in [0.29, 0.717) is 30.0 Å². The second kappa shape index (κ2) is 9.46. The van der Waals surface area contributed by atoms with Crippen LogP contribution in [-0.4, -0.2) is 54.5 Å². The fourth-order valence-electron chi connectivity index (χ4n) is 5.24. The number of thioether (sulfide) groups is 1. The van der Waals surface area contributed by atoms with Gasteiger partial charge in [-0.05, 0) is 68.9 Å². The fraction of sp³-hybridized carbons (Fsp3) is 0.667. The molecular weight excluding hydrogens is 436 g/mol. The minimum Gasteiger partial charge on any atom is -0.335 e. The van der Waals surface area contributed by atoms with Crippen LogP contribution in [0, 0.1) is 17.8 Å². The average molecular weight is 467 g/mol. The average Bonchev–Trinajstić information content (AvgIpc) is 3.51. The van der Waals surface area contributed by atoms with Crippen molar-refractivity contribution >= 4 is 33.7 Å². The maximum atomic E-state index is 12.5. The number of nitrogens with zero attached hydrogens (tertiary/aromatic N) is 2. The summed E-state index contributed by atoms with van der Waals surface area (Å²) < 4.78 is 26.5. The van der Waals surface area contributed by atoms with E-state index < -0.39 is 22.0 Å². The van der Waals surface area contributed by atoms with Crippen molar-refractivity contribution in [2.75, 3.05) is 18.8 Å². The monoisotopic (exact) mass is 466 g/mol. The second-order valence-electron chi connectivity index (χ2n) is 8.88. The number of hydrogen-bond donors (Lipinski definition) is 2. The van der Waals surface area contributed by atoms with Crippen molar-refractivity contribution in [3.8, 4) is 0 Å². The zero-order valence-corrected chi connectivity index (χ0v) is 19.4. The maximum absolute atomic E-state index is 12.5. The Balaban J connectivity index is 1.22. The number of rotatable bonds is 7. The summed E-state index contributed by atoms with van der Waals surface area (Å²) in [4.78, 5) is 28.6. The highest BCUT2D eigenvalue weighted by molar-refractivity contribution is 7.99. The molecule has 3 fully saturated rings. The number of hydrogen-bond acceptors (Lipinski definition) is 6. The number of fused-ring (bicyclic) bond motifs is 2. The van der Waals surface area contributed by atoms with Crippen LogP contribution < -0.4 is 10.6 Å². The lowest BCUT2D eigenvalue weighted by Gasteiger charge is -2.28. The number of pyridine rings is 1. The van der Waals surface area contributed by atoms with Gasteiger partial charge in [-0.25, -0.2) is 18.2 Å². The van der Waals surface area contributed by atoms with E-state index in [2.05, 4.69) is 15.6 Å². The Bertz CT molecular complexity index is 916. The predicted molar refractivity (Wildman–Crippen MR) is 118 cm³/mol. The summed E-state index contributed by atoms with van der Waals surface area (Å²) in [5, 5.41) is 5.83. The molecule has 0 aromatic carbocycles. The maximum Gasteiger partial charge on any atom is 0.321 e. The molecule has 31 heavy (non-hydrogen) atoms. The molecule has 1 aromatic rings. The summed E-state index contributed by atoms with van der Waals surface area (Å²) in [6, 6.07) is 2.71. The van der Waals surface area contributed by atoms with Gasteiger partial charge in [-0.3, -0.25) is 10.1 Å². The van der Waals surface area contributed by atoms with E-state index >= 15 is 0 Å². The Morgan fingerprint density at radius 2 is 2.00 bits per heavy atom. The van der Waals surface area contributed by atoms with Gasteiger partial charge in [0.25, 0.3) is 0 Å². The number of amides is 3. The highest BCUT2D eigenvalue weighted by Gasteiger charge is 2.42. The molecule has 0 radical (unpaired) electrons. The summed E-state index contributed by atoms with van der Waals surface area (Å²) in [6.07, 6.45) is 8.11. The van der Waals surface area contributed by atoms with E-state index in [1.165, 1.54) is 42.3 Å². The molecule has 8 nitrogen and oxygen atoms in total. The van der Waals surface area contributed by atoms with Gasteiger partial charge in [0.1, 0.15) is 4.90 Å². The standard InChI is InChI=1S/C21H30N4O4S2/c1-14(18-11-15-4-5-16(18)10-15)23-21(27)24-19(26)13-30-20-7-6-17(12-22-20)31(28,29)25-8-2-3-9-25/h6-7,12,14-16,18H,2-5,8-11,13H2,1H3,(H2,23,24,26,27). The molecule has 1 aromatic heterocycles. The summed E-state index contributed by atoms with van der Waals surface area (Å²) in [7, 11) is -3.50. The van der Waals surface area contributed by atoms with E-state index in [9.17, 15) is 18.0 Å². The molecule has 1 saturated heterocycles. The molecule has 1 aliphatic heterocycles. The molecular formula is C21H30N4O4S2. The van der Waals surface area contributed by atoms with Gasteiger partial charge in [-0.2, -0.15) is 4.31 Å². The number of carbonyl (C=O) groups is 2. The van der Waals surface area contributed by atoms with Gasteiger partial charge in [-0.1, -0.05) is 18.2 Å². The summed E-state index contributed by atoms with van der Waals surface area (Å²) in [5.74, 6) is 1.65. The first-order chi connectivity index (χ1) is 14.8. The number of imide groups is 1. The lowest BCUT2D eigenvalue weighted by atomic mass is 9.84. The molecule has 2 N–H and O–H groups in total. The zero-order valence-electron chi connectivity index (χ0n) is 17.7. The predicted octanol–water partition coefficient (Wildman–Crippen LogP) is 2.61. The van der Waals surface area contributed by atoms with Crippen LogP contribution in [0.4, 0.5) is 4.79 Å². The SMILES string of the molecule is CC(NC(=O)NC(=O)CSc1ccc(S(=O)(=O)N2CCCC2)cn1)C1CC2CCC1C2. The van der Waals surface area contributed by atoms with Crippen LogP contribution in [0.15, 0.2) is 28.3 Å². The zero-order chi connectivity index (χ0) is 22.0. The molecule has 0 spiro atoms. The van der Waals surface area contributed by atoms with Gasteiger partial charge >= 0.3 is 6.03 Å². The summed E-state index contributed by atoms with van der Waals surface area (Å²) in [5.41, 5.74) is 0. The third kappa shape index (κ3) is 5.23. The normalized spacial score (nSPS) is 26.7. The van der Waals surface area contributed by atoms with Crippen LogP contribution in [0.2, 0.25) is 0 Å². The van der Waals surface area contributed by atoms with Crippen molar-refractivity contribution in [3.63, 3.8) is 0 Å². The molecule has 3 aliphatic rings. The Morgan fingerprint density at radius 1 is 1.23 bits per heavy atom. The fourth-order valence-corrected chi connectivity index (χ4v) is 7.35. The minimum atomic E-state index is -3.50. The van der Waals surface area contributed by atoms with Crippen LogP contribution in [-0.2, 0) is 14.8 Å². The quantitative estimate of drug-likeness (QED) is 0.598. The number of carbonyl (C=O) groups excluding carboxylic acids is 2. The van der Waals surface area contributed by atoms with Crippen LogP contribution in [0.3, 0.4) is 0 Å². The molecule has 2 aliphatic carbocycles. The highest BCUT2D eigenvalue weighted by Crippen LogP contribution is 2.49. The first kappa shape index (κ1) is 22.5. The summed E-state index contributed by atoms with van der Waals surface area (Å²) >= 11 is 1.16. The third-order valence-corrected chi connectivity index (χ3v) is 9.64. The molecule has 170 valence electrons. The molecule has 2 bridgehead atoms. The van der Waals surface area contributed by atoms with Gasteiger partial charge in [-0.15, -0.1) is 0 Å². The smallest absolute Gasteiger partial charge is 0.321 e. The molecule has 10 heteroatoms. The Hall–Kier alpha value is -1.65. The van der Waals surface area contributed by atoms with Gasteiger partial charge in [0, 0.05) is 25.3 Å². The molecule has 3 amide bonds. The number of urea groups is 1. The van der Waals surface area contributed by atoms with Crippen LogP contribution >= 0.6 is 11.8 Å². The lowest BCUT2D eigenvalue weighted by molar-refractivity contribution is -0.117. The molecule has 4 atom stereocenters. The third-order valence-electron chi connectivity index (χ3n) is 6.81. The summed E-state index contributed by atoms with van der Waals surface area (Å²) in [6.45, 7) is 3.11. The minimum absolute atomic E-state index is 0.0289. The Morgan fingerprint density at radius 3 is 2.61 bits per heavy atom. The molecule has 2 saturated carbocycles. The molecule has 2 heterocycles. The molecule has 4 rings (SSSR count). The Labute approximate surface area is 188 Å². The number of aromatic nitrogens is 1. The van der Waals surface area contributed by atoms with Crippen molar-refractivity contribution in [3.05, 3.63) is 18.3 Å². The Kier molecular flexibility index (Phi) is 6.88. The van der Waals surface area contributed by atoms with Crippen LogP contribution in [0.1, 0.15) is 45.4 Å². The first-order valence-corrected chi connectivity index (χ1v) is 13.4. The van der Waals surface area contributed by atoms with Crippen molar-refractivity contribution in [1.29, 1.82) is 0 Å². The van der Waals surface area contributed by atoms with Crippen LogP contribution in [0.25, 0.3) is 0 Å². The lowest BCUT2D eigenvalue weighted by Crippen LogP contribution is -2.47. The van der Waals surface area contributed by atoms with Crippen molar-refractivity contribution in [2.24, 2.45) is 17.8 Å². The van der Waals surface area contributed by atoms with E-state index in [1.54, 1.807) is 6.07 Å². The van der Waals surface area contributed by atoms with E-state index in [1.807, 2.05) is 6.92 Å². The van der Waals surface area contributed by atoms with E-state index in [0.717, 1.165) is 30.5 Å². The number of nitrogens with one attached hydrogen (secondary N) is 2. The second-order valence-corrected chi connectivity index (χ2v) is 11.8. The van der Waals surface area contributed by atoms with Crippen molar-refractivity contribution in [1.82, 2.24) is 19.9 Å². The first-order valence-electron chi connectivity index (χ1n) is 11.0. The topological polar surface area (TPSA) is 108 Å². The highest BCUT2D eigenvalue weighted by atomic mass is 32.2. The van der Waals surface area contributed by atoms with Crippen molar-refractivity contribution < 1.29 is 18.0 Å². The van der Waals surface area contributed by atoms with Crippen molar-refractivity contribution in [2.45, 2.75) is 61.4 Å².